The third-order valence-corrected chi connectivity index (χ3v) is 7.37. The highest BCUT2D eigenvalue weighted by atomic mass is 31.2. The van der Waals surface area contributed by atoms with Crippen LogP contribution in [0.25, 0.3) is 0 Å². The molecule has 2 aliphatic rings. The van der Waals surface area contributed by atoms with Crippen LogP contribution in [0, 0.1) is 6.08 Å². The predicted octanol–water partition coefficient (Wildman–Crippen LogP) is 5.30. The molecule has 1 aliphatic heterocycles. The van der Waals surface area contributed by atoms with E-state index in [9.17, 15) is 4.57 Å². The minimum atomic E-state index is -3.59. The van der Waals surface area contributed by atoms with Gasteiger partial charge in [0, 0.05) is 45.5 Å². The SMILES string of the molecule is CC(C)OP(=O)(OC(C)C)C1C2=C(C=C(N(C)C)C=[C+]2)Oc2cc(N(C)C)ccc21. The van der Waals surface area contributed by atoms with Crippen molar-refractivity contribution in [2.45, 2.75) is 45.6 Å². The Hall–Kier alpha value is -2.10. The molecule has 162 valence electrons. The molecule has 1 aliphatic carbocycles. The summed E-state index contributed by atoms with van der Waals surface area (Å²) in [7, 11) is 4.28. The lowest BCUT2D eigenvalue weighted by atomic mass is 9.96. The number of benzene rings is 1. The molecule has 0 N–H and O–H groups in total. The minimum Gasteiger partial charge on any atom is -0.396 e. The van der Waals surface area contributed by atoms with E-state index in [-0.39, 0.29) is 12.2 Å². The quantitative estimate of drug-likeness (QED) is 0.431. The summed E-state index contributed by atoms with van der Waals surface area (Å²) in [5.41, 5.74) is 2.80. The zero-order chi connectivity index (χ0) is 22.2. The predicted molar refractivity (Wildman–Crippen MR) is 121 cm³/mol. The molecular weight excluding hydrogens is 399 g/mol. The van der Waals surface area contributed by atoms with Crippen LogP contribution < -0.4 is 9.64 Å². The molecule has 1 unspecified atom stereocenters. The number of fused-ring (bicyclic) bond motifs is 1. The topological polar surface area (TPSA) is 51.2 Å². The lowest BCUT2D eigenvalue weighted by molar-refractivity contribution is 0.137. The van der Waals surface area contributed by atoms with Crippen LogP contribution in [-0.4, -0.2) is 45.3 Å². The van der Waals surface area contributed by atoms with Crippen molar-refractivity contribution in [3.8, 4) is 5.75 Å². The van der Waals surface area contributed by atoms with Gasteiger partial charge in [0.25, 0.3) is 0 Å². The van der Waals surface area contributed by atoms with Crippen molar-refractivity contribution >= 4 is 13.3 Å². The molecule has 0 saturated heterocycles. The van der Waals surface area contributed by atoms with E-state index < -0.39 is 13.3 Å². The Morgan fingerprint density at radius 2 is 1.67 bits per heavy atom. The zero-order valence-electron chi connectivity index (χ0n) is 19.1. The van der Waals surface area contributed by atoms with Crippen molar-refractivity contribution in [1.82, 2.24) is 4.90 Å². The van der Waals surface area contributed by atoms with Crippen molar-refractivity contribution in [2.24, 2.45) is 0 Å². The van der Waals surface area contributed by atoms with E-state index >= 15 is 0 Å². The largest absolute Gasteiger partial charge is 0.396 e. The standard InChI is InChI=1S/C23H32N2O4P/c1-15(2)28-30(26,29-16(3)4)23-19-11-9-17(24(5)6)13-21(19)27-22-14-18(25(7)8)10-12-20(22)23/h9-11,13-16,23H,1-8H3/q+1. The molecule has 30 heavy (non-hydrogen) atoms. The van der Waals surface area contributed by atoms with Gasteiger partial charge in [0.2, 0.25) is 5.76 Å². The van der Waals surface area contributed by atoms with Crippen molar-refractivity contribution in [3.63, 3.8) is 0 Å². The van der Waals surface area contributed by atoms with E-state index in [4.69, 9.17) is 13.8 Å². The van der Waals surface area contributed by atoms with Crippen LogP contribution in [0.4, 0.5) is 5.69 Å². The maximum absolute atomic E-state index is 14.2. The van der Waals surface area contributed by atoms with Crippen LogP contribution >= 0.6 is 7.60 Å². The van der Waals surface area contributed by atoms with Gasteiger partial charge in [-0.3, -0.25) is 4.57 Å². The molecule has 0 aromatic heterocycles. The molecule has 1 heterocycles. The molecule has 0 amide bonds. The van der Waals surface area contributed by atoms with E-state index in [1.165, 1.54) is 0 Å². The fourth-order valence-electron chi connectivity index (χ4n) is 3.49. The number of allylic oxidation sites excluding steroid dienone is 4. The van der Waals surface area contributed by atoms with Gasteiger partial charge in [-0.25, -0.2) is 0 Å². The number of anilines is 1. The third-order valence-electron chi connectivity index (χ3n) is 4.77. The first kappa shape index (κ1) is 22.6. The molecule has 1 aromatic rings. The summed E-state index contributed by atoms with van der Waals surface area (Å²) in [5, 5.41) is 0. The van der Waals surface area contributed by atoms with Gasteiger partial charge < -0.3 is 23.6 Å². The number of rotatable bonds is 7. The Morgan fingerprint density at radius 1 is 1.03 bits per heavy atom. The molecule has 7 heteroatoms. The van der Waals surface area contributed by atoms with Crippen LogP contribution in [0.1, 0.15) is 38.9 Å². The van der Waals surface area contributed by atoms with Crippen LogP contribution in [0.3, 0.4) is 0 Å². The van der Waals surface area contributed by atoms with Gasteiger partial charge in [0.15, 0.2) is 22.7 Å². The molecule has 0 spiro atoms. The molecule has 3 rings (SSSR count). The van der Waals surface area contributed by atoms with Gasteiger partial charge in [-0.05, 0) is 33.8 Å². The van der Waals surface area contributed by atoms with Gasteiger partial charge in [0.1, 0.15) is 12.2 Å². The van der Waals surface area contributed by atoms with Crippen molar-refractivity contribution in [1.29, 1.82) is 0 Å². The first-order chi connectivity index (χ1) is 14.0. The normalized spacial score (nSPS) is 17.9. The first-order valence-corrected chi connectivity index (χ1v) is 11.8. The average molecular weight is 431 g/mol. The Kier molecular flexibility index (Phi) is 6.45. The lowest BCUT2D eigenvalue weighted by Crippen LogP contribution is -2.22. The molecule has 0 fully saturated rings. The first-order valence-electron chi connectivity index (χ1n) is 10.2. The van der Waals surface area contributed by atoms with Gasteiger partial charge in [0.05, 0.1) is 18.3 Å². The summed E-state index contributed by atoms with van der Waals surface area (Å²) in [5.74, 6) is 1.28. The second kappa shape index (κ2) is 8.56. The molecule has 1 aromatic carbocycles. The third kappa shape index (κ3) is 4.48. The number of likely N-dealkylation sites (N-methyl/N-ethyl adjacent to an activating group) is 1. The smallest absolute Gasteiger partial charge is 0.346 e. The second-order valence-electron chi connectivity index (χ2n) is 8.50. The Balaban J connectivity index is 2.22. The van der Waals surface area contributed by atoms with Crippen LogP contribution in [0.5, 0.6) is 5.75 Å². The highest BCUT2D eigenvalue weighted by Crippen LogP contribution is 2.68. The van der Waals surface area contributed by atoms with E-state index in [2.05, 4.69) is 6.08 Å². The van der Waals surface area contributed by atoms with Crippen LogP contribution in [0.15, 0.2) is 47.4 Å². The number of nitrogens with zero attached hydrogens (tertiary/aromatic N) is 2. The maximum Gasteiger partial charge on any atom is 0.346 e. The Bertz CT molecular complexity index is 931. The highest BCUT2D eigenvalue weighted by molar-refractivity contribution is 7.54. The zero-order valence-corrected chi connectivity index (χ0v) is 20.0. The van der Waals surface area contributed by atoms with E-state index in [1.54, 1.807) is 0 Å². The van der Waals surface area contributed by atoms with E-state index in [1.807, 2.05) is 96.0 Å². The van der Waals surface area contributed by atoms with E-state index in [0.717, 1.165) is 16.9 Å². The van der Waals surface area contributed by atoms with Gasteiger partial charge in [-0.2, -0.15) is 0 Å². The van der Waals surface area contributed by atoms with Crippen LogP contribution in [-0.2, 0) is 13.6 Å². The average Bonchev–Trinajstić information content (AvgIpc) is 2.63. The summed E-state index contributed by atoms with van der Waals surface area (Å²) in [4.78, 5) is 3.99. The summed E-state index contributed by atoms with van der Waals surface area (Å²) in [6.45, 7) is 7.47. The summed E-state index contributed by atoms with van der Waals surface area (Å²) < 4.78 is 32.5. The van der Waals surface area contributed by atoms with Gasteiger partial charge in [-0.1, -0.05) is 6.07 Å². The van der Waals surface area contributed by atoms with Crippen molar-refractivity contribution in [3.05, 3.63) is 59.0 Å². The Labute approximate surface area is 180 Å². The van der Waals surface area contributed by atoms with Gasteiger partial charge >= 0.3 is 7.60 Å². The Morgan fingerprint density at radius 3 is 2.20 bits per heavy atom. The lowest BCUT2D eigenvalue weighted by Gasteiger charge is -2.32. The monoisotopic (exact) mass is 431 g/mol. The minimum absolute atomic E-state index is 0.258. The summed E-state index contributed by atoms with van der Waals surface area (Å²) in [6.07, 6.45) is 6.62. The molecular formula is C23H32N2O4P+. The molecule has 0 radical (unpaired) electrons. The summed E-state index contributed by atoms with van der Waals surface area (Å²) >= 11 is 0. The highest BCUT2D eigenvalue weighted by Gasteiger charge is 2.50. The van der Waals surface area contributed by atoms with Crippen molar-refractivity contribution in [2.75, 3.05) is 33.1 Å². The molecule has 1 atom stereocenters. The second-order valence-corrected chi connectivity index (χ2v) is 10.5. The molecule has 6 nitrogen and oxygen atoms in total. The van der Waals surface area contributed by atoms with Crippen LogP contribution in [0.2, 0.25) is 0 Å². The maximum atomic E-state index is 14.2. The molecule has 0 saturated carbocycles. The van der Waals surface area contributed by atoms with Gasteiger partial charge in [-0.15, -0.1) is 0 Å². The van der Waals surface area contributed by atoms with E-state index in [0.29, 0.717) is 17.1 Å². The fourth-order valence-corrected chi connectivity index (χ4v) is 6.03. The molecule has 0 bridgehead atoms. The number of hydrogen-bond acceptors (Lipinski definition) is 6. The van der Waals surface area contributed by atoms with Crippen molar-refractivity contribution < 1.29 is 18.3 Å². The number of hydrogen-bond donors (Lipinski definition) is 0. The summed E-state index contributed by atoms with van der Waals surface area (Å²) in [6, 6.07) is 5.90. The fraction of sp³-hybridized carbons (Fsp3) is 0.478. The number of ether oxygens (including phenoxy) is 1.